The summed E-state index contributed by atoms with van der Waals surface area (Å²) in [7, 11) is 1.67. The van der Waals surface area contributed by atoms with Crippen LogP contribution >= 0.6 is 0 Å². The summed E-state index contributed by atoms with van der Waals surface area (Å²) in [6.45, 7) is 10.6. The quantitative estimate of drug-likeness (QED) is 0.514. The highest BCUT2D eigenvalue weighted by molar-refractivity contribution is 5.94. The van der Waals surface area contributed by atoms with Gasteiger partial charge in [-0.3, -0.25) is 9.69 Å². The van der Waals surface area contributed by atoms with Gasteiger partial charge in [-0.25, -0.2) is 0 Å². The number of nitrogens with zero attached hydrogens (tertiary/aromatic N) is 2. The van der Waals surface area contributed by atoms with Crippen LogP contribution in [-0.2, 0) is 11.2 Å². The highest BCUT2D eigenvalue weighted by atomic mass is 16.5. The van der Waals surface area contributed by atoms with E-state index in [2.05, 4.69) is 58.4 Å². The fourth-order valence-electron chi connectivity index (χ4n) is 4.85. The second kappa shape index (κ2) is 12.7. The Labute approximate surface area is 215 Å². The molecule has 0 aromatic heterocycles. The average Bonchev–Trinajstić information content (AvgIpc) is 2.93. The zero-order chi connectivity index (χ0) is 25.3. The number of fused-ring (bicyclic) bond motifs is 1. The van der Waals surface area contributed by atoms with Crippen molar-refractivity contribution in [3.8, 4) is 5.75 Å². The van der Waals surface area contributed by atoms with Crippen molar-refractivity contribution in [2.75, 3.05) is 57.9 Å². The summed E-state index contributed by atoms with van der Waals surface area (Å²) in [4.78, 5) is 17.0. The van der Waals surface area contributed by atoms with Gasteiger partial charge in [0.05, 0.1) is 12.7 Å². The molecule has 1 unspecified atom stereocenters. The summed E-state index contributed by atoms with van der Waals surface area (Å²) in [5, 5.41) is 2.71. The number of carbonyl (C=O) groups is 1. The van der Waals surface area contributed by atoms with Crippen LogP contribution < -0.4 is 15.0 Å². The lowest BCUT2D eigenvalue weighted by Gasteiger charge is -2.37. The predicted octanol–water partition coefficient (Wildman–Crippen LogP) is 4.77. The fraction of sp³-hybridized carbons (Fsp3) is 0.433. The van der Waals surface area contributed by atoms with E-state index >= 15 is 0 Å². The number of hydrogen-bond donors (Lipinski definition) is 1. The van der Waals surface area contributed by atoms with Crippen LogP contribution in [-0.4, -0.2) is 63.8 Å². The third kappa shape index (κ3) is 6.77. The van der Waals surface area contributed by atoms with E-state index in [4.69, 9.17) is 9.47 Å². The number of allylic oxidation sites excluding steroid dienone is 3. The average molecular weight is 490 g/mol. The molecule has 1 N–H and O–H groups in total. The topological polar surface area (TPSA) is 54.0 Å². The van der Waals surface area contributed by atoms with Gasteiger partial charge in [0.15, 0.2) is 0 Å². The van der Waals surface area contributed by atoms with Gasteiger partial charge >= 0.3 is 0 Å². The van der Waals surface area contributed by atoms with Crippen molar-refractivity contribution in [1.82, 2.24) is 10.2 Å². The van der Waals surface area contributed by atoms with Crippen molar-refractivity contribution in [2.45, 2.75) is 32.8 Å². The maximum atomic E-state index is 12.0. The Hall–Kier alpha value is -3.09. The Morgan fingerprint density at radius 1 is 1.14 bits per heavy atom. The molecular formula is C30H39N3O3. The highest BCUT2D eigenvalue weighted by Crippen LogP contribution is 2.31. The summed E-state index contributed by atoms with van der Waals surface area (Å²) in [5.41, 5.74) is 5.66. The van der Waals surface area contributed by atoms with Gasteiger partial charge in [-0.1, -0.05) is 24.3 Å². The molecule has 2 aromatic carbocycles. The molecule has 36 heavy (non-hydrogen) atoms. The molecule has 0 bridgehead atoms. The number of benzene rings is 2. The Balaban J connectivity index is 1.24. The Morgan fingerprint density at radius 2 is 1.92 bits per heavy atom. The molecule has 1 saturated heterocycles. The van der Waals surface area contributed by atoms with Crippen LogP contribution in [0.25, 0.3) is 0 Å². The first-order chi connectivity index (χ1) is 17.6. The largest absolute Gasteiger partial charge is 0.489 e. The Bertz CT molecular complexity index is 1070. The first-order valence-electron chi connectivity index (χ1n) is 13.0. The van der Waals surface area contributed by atoms with E-state index in [-0.39, 0.29) is 12.0 Å². The van der Waals surface area contributed by atoms with Gasteiger partial charge in [-0.15, -0.1) is 0 Å². The second-order valence-electron chi connectivity index (χ2n) is 9.54. The van der Waals surface area contributed by atoms with Crippen LogP contribution in [0, 0.1) is 0 Å². The first-order valence-corrected chi connectivity index (χ1v) is 13.0. The molecule has 0 aliphatic carbocycles. The van der Waals surface area contributed by atoms with Crippen LogP contribution in [0.15, 0.2) is 66.3 Å². The predicted molar refractivity (Wildman–Crippen MR) is 146 cm³/mol. The summed E-state index contributed by atoms with van der Waals surface area (Å²) in [6.07, 6.45) is 8.08. The molecule has 1 atom stereocenters. The third-order valence-electron chi connectivity index (χ3n) is 6.99. The van der Waals surface area contributed by atoms with Crippen LogP contribution in [0.3, 0.4) is 0 Å². The van der Waals surface area contributed by atoms with E-state index in [9.17, 15) is 4.79 Å². The molecule has 6 nitrogen and oxygen atoms in total. The van der Waals surface area contributed by atoms with Crippen molar-refractivity contribution in [3.05, 3.63) is 83.0 Å². The SMILES string of the molecule is C/C=C\C=C(/C)COc1ccc(N2CCN(CCC3OCCc4cc(C(=O)NC)ccc43)CC2)cc1. The van der Waals surface area contributed by atoms with Gasteiger partial charge in [-0.05, 0) is 79.8 Å². The third-order valence-corrected chi connectivity index (χ3v) is 6.99. The number of carbonyl (C=O) groups excluding carboxylic acids is 1. The number of nitrogens with one attached hydrogen (secondary N) is 1. The minimum atomic E-state index is -0.0341. The number of ether oxygens (including phenoxy) is 2. The summed E-state index contributed by atoms with van der Waals surface area (Å²) < 4.78 is 12.0. The molecule has 2 aliphatic rings. The van der Waals surface area contributed by atoms with Crippen molar-refractivity contribution in [3.63, 3.8) is 0 Å². The van der Waals surface area contributed by atoms with Gasteiger partial charge in [0, 0.05) is 51.0 Å². The van der Waals surface area contributed by atoms with E-state index in [0.29, 0.717) is 13.2 Å². The number of hydrogen-bond acceptors (Lipinski definition) is 5. The number of piperazine rings is 1. The lowest BCUT2D eigenvalue weighted by molar-refractivity contribution is 0.0288. The normalized spacial score (nSPS) is 18.8. The van der Waals surface area contributed by atoms with Gasteiger partial charge in [0.2, 0.25) is 0 Å². The van der Waals surface area contributed by atoms with Crippen LogP contribution in [0.2, 0.25) is 0 Å². The van der Waals surface area contributed by atoms with Crippen molar-refractivity contribution in [1.29, 1.82) is 0 Å². The molecule has 6 heteroatoms. The minimum Gasteiger partial charge on any atom is -0.489 e. The maximum Gasteiger partial charge on any atom is 0.251 e. The van der Waals surface area contributed by atoms with Crippen LogP contribution in [0.4, 0.5) is 5.69 Å². The smallest absolute Gasteiger partial charge is 0.251 e. The molecule has 2 heterocycles. The lowest BCUT2D eigenvalue weighted by atomic mass is 9.93. The standard InChI is InChI=1S/C30H39N3O3/c1-4-5-6-23(2)22-36-27-10-8-26(9-11-27)33-18-16-32(17-19-33)15-13-29-28-12-7-25(30(34)31-3)21-24(28)14-20-35-29/h4-12,21,29H,13-20,22H2,1-3H3,(H,31,34)/b5-4-,23-6+. The highest BCUT2D eigenvalue weighted by Gasteiger charge is 2.24. The zero-order valence-electron chi connectivity index (χ0n) is 21.8. The first kappa shape index (κ1) is 26.0. The Kier molecular flexibility index (Phi) is 9.20. The molecule has 0 saturated carbocycles. The molecular weight excluding hydrogens is 450 g/mol. The lowest BCUT2D eigenvalue weighted by Crippen LogP contribution is -2.46. The second-order valence-corrected chi connectivity index (χ2v) is 9.54. The van der Waals surface area contributed by atoms with Crippen molar-refractivity contribution < 1.29 is 14.3 Å². The molecule has 1 amide bonds. The van der Waals surface area contributed by atoms with E-state index in [1.165, 1.54) is 22.4 Å². The van der Waals surface area contributed by atoms with Gasteiger partial charge in [0.1, 0.15) is 12.4 Å². The van der Waals surface area contributed by atoms with E-state index < -0.39 is 0 Å². The molecule has 1 fully saturated rings. The van der Waals surface area contributed by atoms with Gasteiger partial charge in [0.25, 0.3) is 5.91 Å². The van der Waals surface area contributed by atoms with Crippen molar-refractivity contribution >= 4 is 11.6 Å². The molecule has 2 aromatic rings. The molecule has 4 rings (SSSR count). The van der Waals surface area contributed by atoms with Crippen LogP contribution in [0.5, 0.6) is 5.75 Å². The van der Waals surface area contributed by atoms with Crippen LogP contribution in [0.1, 0.15) is 47.9 Å². The summed E-state index contributed by atoms with van der Waals surface area (Å²) in [5.74, 6) is 0.869. The maximum absolute atomic E-state index is 12.0. The fourth-order valence-corrected chi connectivity index (χ4v) is 4.85. The van der Waals surface area contributed by atoms with E-state index in [1.807, 2.05) is 31.2 Å². The Morgan fingerprint density at radius 3 is 2.64 bits per heavy atom. The number of amides is 1. The zero-order valence-corrected chi connectivity index (χ0v) is 21.8. The van der Waals surface area contributed by atoms with Gasteiger partial charge < -0.3 is 19.7 Å². The minimum absolute atomic E-state index is 0.0341. The molecule has 2 aliphatic heterocycles. The molecule has 192 valence electrons. The number of rotatable bonds is 9. The molecule has 0 spiro atoms. The van der Waals surface area contributed by atoms with E-state index in [1.54, 1.807) is 7.05 Å². The van der Waals surface area contributed by atoms with E-state index in [0.717, 1.165) is 56.9 Å². The summed E-state index contributed by atoms with van der Waals surface area (Å²) >= 11 is 0. The molecule has 0 radical (unpaired) electrons. The van der Waals surface area contributed by atoms with Gasteiger partial charge in [-0.2, -0.15) is 0 Å². The summed E-state index contributed by atoms with van der Waals surface area (Å²) in [6, 6.07) is 14.5. The van der Waals surface area contributed by atoms with Crippen molar-refractivity contribution in [2.24, 2.45) is 0 Å². The number of anilines is 1. The monoisotopic (exact) mass is 489 g/mol.